The summed E-state index contributed by atoms with van der Waals surface area (Å²) in [6, 6.07) is 5.66. The third-order valence-electron chi connectivity index (χ3n) is 3.02. The van der Waals surface area contributed by atoms with E-state index >= 15 is 0 Å². The van der Waals surface area contributed by atoms with Crippen molar-refractivity contribution in [2.24, 2.45) is 0 Å². The van der Waals surface area contributed by atoms with Gasteiger partial charge in [0.15, 0.2) is 0 Å². The highest BCUT2D eigenvalue weighted by Gasteiger charge is 2.22. The van der Waals surface area contributed by atoms with E-state index in [4.69, 9.17) is 0 Å². The van der Waals surface area contributed by atoms with E-state index in [-0.39, 0.29) is 0 Å². The summed E-state index contributed by atoms with van der Waals surface area (Å²) >= 11 is 0. The van der Waals surface area contributed by atoms with E-state index < -0.39 is 10.2 Å². The van der Waals surface area contributed by atoms with E-state index in [1.807, 2.05) is 25.1 Å². The molecule has 0 N–H and O–H groups in total. The Hall–Kier alpha value is -0.980. The van der Waals surface area contributed by atoms with Gasteiger partial charge in [0.05, 0.1) is 0 Å². The molecule has 0 aliphatic carbocycles. The monoisotopic (exact) mass is 285 g/mol. The Labute approximate surface area is 116 Å². The number of aromatic nitrogens is 1. The highest BCUT2D eigenvalue weighted by atomic mass is 32.2. The number of nitrogens with zero attached hydrogens (tertiary/aromatic N) is 3. The minimum absolute atomic E-state index is 0.440. The molecular formula is C13H23N3O2S. The second-order valence-electron chi connectivity index (χ2n) is 4.58. The molecule has 0 aromatic carbocycles. The maximum Gasteiger partial charge on any atom is 0.281 e. The predicted molar refractivity (Wildman–Crippen MR) is 77.0 cm³/mol. The molecule has 0 fully saturated rings. The van der Waals surface area contributed by atoms with E-state index in [0.29, 0.717) is 19.5 Å². The number of hydrogen-bond acceptors (Lipinski definition) is 3. The highest BCUT2D eigenvalue weighted by molar-refractivity contribution is 7.86. The molecule has 0 saturated carbocycles. The molecule has 108 valence electrons. The van der Waals surface area contributed by atoms with Crippen molar-refractivity contribution < 1.29 is 8.42 Å². The fourth-order valence-electron chi connectivity index (χ4n) is 1.67. The third kappa shape index (κ3) is 4.89. The van der Waals surface area contributed by atoms with Crippen LogP contribution >= 0.6 is 0 Å². The number of unbranched alkanes of at least 4 members (excludes halogenated alkanes) is 1. The molecule has 0 bridgehead atoms. The minimum atomic E-state index is -3.34. The van der Waals surface area contributed by atoms with Gasteiger partial charge in [0.1, 0.15) is 0 Å². The average Bonchev–Trinajstić information content (AvgIpc) is 2.42. The summed E-state index contributed by atoms with van der Waals surface area (Å²) in [6.45, 7) is 3.05. The Morgan fingerprint density at radius 1 is 1.16 bits per heavy atom. The first-order valence-electron chi connectivity index (χ1n) is 6.56. The van der Waals surface area contributed by atoms with Gasteiger partial charge < -0.3 is 0 Å². The van der Waals surface area contributed by atoms with Crippen LogP contribution in [-0.4, -0.2) is 49.2 Å². The number of hydrogen-bond donors (Lipinski definition) is 0. The third-order valence-corrected chi connectivity index (χ3v) is 4.96. The van der Waals surface area contributed by atoms with Gasteiger partial charge in [-0.1, -0.05) is 19.4 Å². The average molecular weight is 285 g/mol. The van der Waals surface area contributed by atoms with Gasteiger partial charge in [-0.15, -0.1) is 0 Å². The van der Waals surface area contributed by atoms with E-state index in [1.165, 1.54) is 8.61 Å². The van der Waals surface area contributed by atoms with Gasteiger partial charge in [-0.05, 0) is 18.6 Å². The van der Waals surface area contributed by atoms with Crippen molar-refractivity contribution in [1.29, 1.82) is 0 Å². The van der Waals surface area contributed by atoms with Crippen LogP contribution in [0.2, 0.25) is 0 Å². The summed E-state index contributed by atoms with van der Waals surface area (Å²) in [4.78, 5) is 4.19. The van der Waals surface area contributed by atoms with Gasteiger partial charge in [-0.3, -0.25) is 4.98 Å². The zero-order valence-corrected chi connectivity index (χ0v) is 12.7. The van der Waals surface area contributed by atoms with Crippen molar-refractivity contribution in [2.75, 3.05) is 27.2 Å². The van der Waals surface area contributed by atoms with E-state index in [0.717, 1.165) is 18.5 Å². The largest absolute Gasteiger partial charge is 0.281 e. The minimum Gasteiger partial charge on any atom is -0.261 e. The standard InChI is InChI=1S/C13H23N3O2S/c1-4-5-11-15(2)19(17,18)16(3)12-9-13-8-6-7-10-14-13/h6-8,10H,4-5,9,11-12H2,1-3H3. The summed E-state index contributed by atoms with van der Waals surface area (Å²) in [5.41, 5.74) is 0.903. The molecule has 0 amide bonds. The molecule has 1 aromatic heterocycles. The molecule has 1 rings (SSSR count). The van der Waals surface area contributed by atoms with Crippen LogP contribution in [0.4, 0.5) is 0 Å². The quantitative estimate of drug-likeness (QED) is 0.728. The molecule has 0 unspecified atom stereocenters. The van der Waals surface area contributed by atoms with Crippen LogP contribution in [0.15, 0.2) is 24.4 Å². The van der Waals surface area contributed by atoms with Crippen molar-refractivity contribution >= 4 is 10.2 Å². The Bertz CT molecular complexity index is 462. The zero-order chi connectivity index (χ0) is 14.3. The lowest BCUT2D eigenvalue weighted by Crippen LogP contribution is -2.41. The first kappa shape index (κ1) is 16.1. The molecule has 5 nitrogen and oxygen atoms in total. The summed E-state index contributed by atoms with van der Waals surface area (Å²) in [6.07, 6.45) is 4.21. The second kappa shape index (κ2) is 7.57. The van der Waals surface area contributed by atoms with Crippen molar-refractivity contribution in [1.82, 2.24) is 13.6 Å². The van der Waals surface area contributed by atoms with Gasteiger partial charge in [0, 0.05) is 45.5 Å². The Balaban J connectivity index is 2.54. The van der Waals surface area contributed by atoms with Crippen molar-refractivity contribution in [3.05, 3.63) is 30.1 Å². The molecule has 0 aliphatic rings. The SMILES string of the molecule is CCCCN(C)S(=O)(=O)N(C)CCc1ccccn1. The number of rotatable bonds is 8. The van der Waals surface area contributed by atoms with Gasteiger partial charge >= 0.3 is 0 Å². The molecule has 0 atom stereocenters. The maximum atomic E-state index is 12.2. The topological polar surface area (TPSA) is 53.5 Å². The van der Waals surface area contributed by atoms with Gasteiger partial charge in [0.2, 0.25) is 0 Å². The van der Waals surface area contributed by atoms with Gasteiger partial charge in [0.25, 0.3) is 10.2 Å². The van der Waals surface area contributed by atoms with E-state index in [9.17, 15) is 8.42 Å². The molecule has 0 spiro atoms. The molecule has 1 aromatic rings. The van der Waals surface area contributed by atoms with Gasteiger partial charge in [-0.25, -0.2) is 0 Å². The van der Waals surface area contributed by atoms with Crippen LogP contribution in [-0.2, 0) is 16.6 Å². The van der Waals surface area contributed by atoms with Crippen LogP contribution in [0.25, 0.3) is 0 Å². The van der Waals surface area contributed by atoms with Crippen LogP contribution in [0.1, 0.15) is 25.5 Å². The molecule has 0 saturated heterocycles. The van der Waals surface area contributed by atoms with E-state index in [2.05, 4.69) is 4.98 Å². The molecule has 6 heteroatoms. The van der Waals surface area contributed by atoms with Crippen LogP contribution in [0.3, 0.4) is 0 Å². The fraction of sp³-hybridized carbons (Fsp3) is 0.615. The molecule has 1 heterocycles. The molecule has 0 radical (unpaired) electrons. The zero-order valence-electron chi connectivity index (χ0n) is 11.9. The number of pyridine rings is 1. The summed E-state index contributed by atoms with van der Waals surface area (Å²) in [5, 5.41) is 0. The second-order valence-corrected chi connectivity index (χ2v) is 6.72. The predicted octanol–water partition coefficient (Wildman–Crippen LogP) is 1.53. The van der Waals surface area contributed by atoms with Crippen LogP contribution in [0, 0.1) is 0 Å². The molecule has 19 heavy (non-hydrogen) atoms. The highest BCUT2D eigenvalue weighted by Crippen LogP contribution is 2.07. The van der Waals surface area contributed by atoms with Gasteiger partial charge in [-0.2, -0.15) is 17.0 Å². The van der Waals surface area contributed by atoms with Crippen LogP contribution in [0.5, 0.6) is 0 Å². The summed E-state index contributed by atoms with van der Waals surface area (Å²) in [5.74, 6) is 0. The Morgan fingerprint density at radius 3 is 2.42 bits per heavy atom. The normalized spacial score (nSPS) is 12.3. The van der Waals surface area contributed by atoms with Crippen molar-refractivity contribution in [3.8, 4) is 0 Å². The summed E-state index contributed by atoms with van der Waals surface area (Å²) in [7, 11) is -0.103. The number of likely N-dealkylation sites (N-methyl/N-ethyl adjacent to an activating group) is 1. The lowest BCUT2D eigenvalue weighted by Gasteiger charge is -2.24. The first-order valence-corrected chi connectivity index (χ1v) is 7.95. The fourth-order valence-corrected chi connectivity index (χ4v) is 2.83. The first-order chi connectivity index (χ1) is 8.98. The Kier molecular flexibility index (Phi) is 6.41. The van der Waals surface area contributed by atoms with E-state index in [1.54, 1.807) is 20.3 Å². The molecule has 0 aliphatic heterocycles. The maximum absolute atomic E-state index is 12.2. The summed E-state index contributed by atoms with van der Waals surface area (Å²) < 4.78 is 27.2. The lowest BCUT2D eigenvalue weighted by atomic mass is 10.3. The molecular weight excluding hydrogens is 262 g/mol. The Morgan fingerprint density at radius 2 is 1.84 bits per heavy atom. The van der Waals surface area contributed by atoms with Crippen LogP contribution < -0.4 is 0 Å². The lowest BCUT2D eigenvalue weighted by molar-refractivity contribution is 0.389. The van der Waals surface area contributed by atoms with Crippen molar-refractivity contribution in [2.45, 2.75) is 26.2 Å². The van der Waals surface area contributed by atoms with Crippen molar-refractivity contribution in [3.63, 3.8) is 0 Å². The smallest absolute Gasteiger partial charge is 0.261 e.